The molecule has 7 heteroatoms. The van der Waals surface area contributed by atoms with Gasteiger partial charge < -0.3 is 9.30 Å². The van der Waals surface area contributed by atoms with Crippen LogP contribution in [0, 0.1) is 38.7 Å². The van der Waals surface area contributed by atoms with Crippen molar-refractivity contribution in [2.45, 2.75) is 20.8 Å². The summed E-state index contributed by atoms with van der Waals surface area (Å²) in [5.41, 5.74) is 13.0. The SMILES string of the molecule is Cc1c(C)c(-c2ccccc2)c(-c2cnn(-c3[c-]c(Oc4[c-]c5c(cc4)c4ccccc4n5-c4cc(F)ccn4)ccc3)c2)c(-c2ccccc2)c1C.[Pt+2]. The summed E-state index contributed by atoms with van der Waals surface area (Å²) in [4.78, 5) is 4.47. The van der Waals surface area contributed by atoms with Gasteiger partial charge in [-0.1, -0.05) is 84.4 Å². The van der Waals surface area contributed by atoms with Gasteiger partial charge in [0.1, 0.15) is 11.6 Å². The smallest absolute Gasteiger partial charge is 0.509 e. The molecule has 0 fully saturated rings. The number of hydrogen-bond acceptors (Lipinski definition) is 3. The molecule has 6 aromatic carbocycles. The molecule has 0 saturated heterocycles. The second-order valence-corrected chi connectivity index (χ2v) is 13.2. The number of hydrogen-bond donors (Lipinski definition) is 0. The molecule has 0 unspecified atom stereocenters. The molecule has 0 bridgehead atoms. The number of benzene rings is 6. The second kappa shape index (κ2) is 14.4. The van der Waals surface area contributed by atoms with Crippen molar-refractivity contribution >= 4 is 21.8 Å². The number of nitrogens with zero attached hydrogens (tertiary/aromatic N) is 4. The number of rotatable bonds is 7. The Morgan fingerprint density at radius 3 is 1.98 bits per heavy atom. The first-order chi connectivity index (χ1) is 25.9. The van der Waals surface area contributed by atoms with Crippen molar-refractivity contribution in [3.8, 4) is 56.4 Å². The van der Waals surface area contributed by atoms with Crippen LogP contribution in [0.3, 0.4) is 0 Å². The molecule has 3 heterocycles. The van der Waals surface area contributed by atoms with E-state index in [1.54, 1.807) is 0 Å². The summed E-state index contributed by atoms with van der Waals surface area (Å²) < 4.78 is 24.5. The minimum Gasteiger partial charge on any atom is -0.509 e. The van der Waals surface area contributed by atoms with E-state index in [1.165, 1.54) is 46.1 Å². The van der Waals surface area contributed by atoms with E-state index in [2.05, 4.69) is 105 Å². The molecule has 3 aromatic heterocycles. The fourth-order valence-corrected chi connectivity index (χ4v) is 7.40. The van der Waals surface area contributed by atoms with Crippen molar-refractivity contribution in [2.75, 3.05) is 0 Å². The monoisotopic (exact) mass is 883 g/mol. The predicted molar refractivity (Wildman–Crippen MR) is 210 cm³/mol. The molecule has 0 atom stereocenters. The van der Waals surface area contributed by atoms with Gasteiger partial charge in [-0.15, -0.1) is 35.7 Å². The van der Waals surface area contributed by atoms with E-state index in [9.17, 15) is 4.39 Å². The molecule has 0 amide bonds. The number of aromatic nitrogens is 4. The number of ether oxygens (including phenoxy) is 1. The van der Waals surface area contributed by atoms with Gasteiger partial charge in [0, 0.05) is 46.6 Å². The zero-order chi connectivity index (χ0) is 36.1. The number of halogens is 1. The Kier molecular flexibility index (Phi) is 9.31. The maximum Gasteiger partial charge on any atom is 2.00 e. The van der Waals surface area contributed by atoms with Crippen molar-refractivity contribution in [1.82, 2.24) is 19.3 Å². The van der Waals surface area contributed by atoms with Crippen LogP contribution in [0.5, 0.6) is 11.5 Å². The molecule has 9 aromatic rings. The zero-order valence-corrected chi connectivity index (χ0v) is 32.0. The largest absolute Gasteiger partial charge is 2.00 e. The summed E-state index contributed by atoms with van der Waals surface area (Å²) in [6.45, 7) is 6.64. The van der Waals surface area contributed by atoms with Crippen molar-refractivity contribution < 1.29 is 30.2 Å². The van der Waals surface area contributed by atoms with Gasteiger partial charge >= 0.3 is 21.1 Å². The van der Waals surface area contributed by atoms with Gasteiger partial charge in [-0.05, 0) is 82.9 Å². The first-order valence-electron chi connectivity index (χ1n) is 17.5. The Bertz CT molecular complexity index is 2740. The Hall–Kier alpha value is -6.10. The quantitative estimate of drug-likeness (QED) is 0.150. The van der Waals surface area contributed by atoms with Gasteiger partial charge in [-0.3, -0.25) is 4.68 Å². The summed E-state index contributed by atoms with van der Waals surface area (Å²) >= 11 is 0. The van der Waals surface area contributed by atoms with E-state index < -0.39 is 0 Å². The Morgan fingerprint density at radius 1 is 0.611 bits per heavy atom. The van der Waals surface area contributed by atoms with Gasteiger partial charge in [0.05, 0.1) is 6.20 Å². The Balaban J connectivity index is 0.00000413. The topological polar surface area (TPSA) is 44.9 Å². The summed E-state index contributed by atoms with van der Waals surface area (Å²) in [5.74, 6) is 1.12. The molecule has 0 aliphatic rings. The van der Waals surface area contributed by atoms with Crippen molar-refractivity contribution in [2.24, 2.45) is 0 Å². The summed E-state index contributed by atoms with van der Waals surface area (Å²) in [5, 5.41) is 6.84. The molecule has 264 valence electrons. The van der Waals surface area contributed by atoms with Crippen LogP contribution in [0.25, 0.3) is 66.7 Å². The number of para-hydroxylation sites is 1. The molecule has 0 radical (unpaired) electrons. The standard InChI is InChI=1S/C47H33FN4O.Pt/c1-30-31(2)45(33-13-6-4-7-14-33)47(46(32(30)3)34-15-8-5-9-16-34)35-28-50-51(29-35)37-17-12-18-38(26-37)53-39-21-22-41-40-19-10-11-20-42(40)52(43(41)27-39)44-25-36(48)23-24-49-44;/h4-25,28-29H,1-3H3;/q-2;+2. The van der Waals surface area contributed by atoms with Crippen LogP contribution in [-0.2, 0) is 21.1 Å². The second-order valence-electron chi connectivity index (χ2n) is 13.2. The van der Waals surface area contributed by atoms with Crippen LogP contribution >= 0.6 is 0 Å². The minimum absolute atomic E-state index is 0. The van der Waals surface area contributed by atoms with E-state index in [4.69, 9.17) is 9.84 Å². The van der Waals surface area contributed by atoms with E-state index in [0.29, 0.717) is 17.3 Å². The van der Waals surface area contributed by atoms with E-state index in [0.717, 1.165) is 49.7 Å². The first-order valence-corrected chi connectivity index (χ1v) is 17.5. The summed E-state index contributed by atoms with van der Waals surface area (Å²) in [6, 6.07) is 48.4. The Morgan fingerprint density at radius 2 is 1.28 bits per heavy atom. The molecule has 0 saturated carbocycles. The van der Waals surface area contributed by atoms with Gasteiger partial charge in [0.15, 0.2) is 0 Å². The molecule has 0 aliphatic heterocycles. The van der Waals surface area contributed by atoms with Crippen molar-refractivity contribution in [3.63, 3.8) is 0 Å². The van der Waals surface area contributed by atoms with E-state index in [1.807, 2.05) is 70.0 Å². The fraction of sp³-hybridized carbons (Fsp3) is 0.0638. The molecular formula is C47H33FN4OPt. The molecule has 0 spiro atoms. The van der Waals surface area contributed by atoms with Crippen LogP contribution < -0.4 is 4.74 Å². The third-order valence-corrected chi connectivity index (χ3v) is 10.1. The molecule has 9 rings (SSSR count). The van der Waals surface area contributed by atoms with Crippen LogP contribution in [0.15, 0.2) is 146 Å². The van der Waals surface area contributed by atoms with Crippen molar-refractivity contribution in [1.29, 1.82) is 0 Å². The van der Waals surface area contributed by atoms with E-state index >= 15 is 0 Å². The fourth-order valence-electron chi connectivity index (χ4n) is 7.40. The van der Waals surface area contributed by atoms with Crippen LogP contribution in [0.1, 0.15) is 16.7 Å². The van der Waals surface area contributed by atoms with Gasteiger partial charge in [-0.25, -0.2) is 9.37 Å². The summed E-state index contributed by atoms with van der Waals surface area (Å²) in [6.07, 6.45) is 5.48. The first kappa shape index (κ1) is 35.0. The third kappa shape index (κ3) is 6.13. The van der Waals surface area contributed by atoms with Crippen molar-refractivity contribution in [3.05, 3.63) is 181 Å². The zero-order valence-electron chi connectivity index (χ0n) is 29.7. The summed E-state index contributed by atoms with van der Waals surface area (Å²) in [7, 11) is 0. The van der Waals surface area contributed by atoms with Gasteiger partial charge in [0.25, 0.3) is 0 Å². The average molecular weight is 884 g/mol. The average Bonchev–Trinajstić information content (AvgIpc) is 3.81. The van der Waals surface area contributed by atoms with Crippen LogP contribution in [-0.4, -0.2) is 19.3 Å². The van der Waals surface area contributed by atoms with Gasteiger partial charge in [0.2, 0.25) is 0 Å². The predicted octanol–water partition coefficient (Wildman–Crippen LogP) is 11.8. The third-order valence-electron chi connectivity index (χ3n) is 10.1. The number of pyridine rings is 1. The maximum atomic E-state index is 14.3. The minimum atomic E-state index is -0.359. The molecule has 0 N–H and O–H groups in total. The molecule has 0 aliphatic carbocycles. The molecular weight excluding hydrogens is 851 g/mol. The Labute approximate surface area is 327 Å². The normalized spacial score (nSPS) is 11.2. The number of fused-ring (bicyclic) bond motifs is 3. The van der Waals surface area contributed by atoms with Crippen LogP contribution in [0.2, 0.25) is 0 Å². The van der Waals surface area contributed by atoms with E-state index in [-0.39, 0.29) is 26.9 Å². The maximum absolute atomic E-state index is 14.3. The molecule has 5 nitrogen and oxygen atoms in total. The molecule has 54 heavy (non-hydrogen) atoms. The van der Waals surface area contributed by atoms with Crippen LogP contribution in [0.4, 0.5) is 4.39 Å². The van der Waals surface area contributed by atoms with Gasteiger partial charge in [-0.2, -0.15) is 17.2 Å².